The van der Waals surface area contributed by atoms with Gasteiger partial charge in [-0.25, -0.2) is 15.0 Å². The van der Waals surface area contributed by atoms with Gasteiger partial charge in [-0.3, -0.25) is 0 Å². The third-order valence-corrected chi connectivity index (χ3v) is 13.5. The Morgan fingerprint density at radius 2 is 0.825 bits per heavy atom. The van der Waals surface area contributed by atoms with Gasteiger partial charge >= 0.3 is 0 Å². The Balaban J connectivity index is 1.02. The van der Waals surface area contributed by atoms with Gasteiger partial charge in [-0.05, 0) is 59.7 Å². The van der Waals surface area contributed by atoms with Crippen molar-refractivity contribution < 1.29 is 0 Å². The summed E-state index contributed by atoms with van der Waals surface area (Å²) in [6.45, 7) is 0. The molecular formula is C51H30N4S2. The van der Waals surface area contributed by atoms with Gasteiger partial charge in [-0.2, -0.15) is 0 Å². The maximum absolute atomic E-state index is 5.27. The first-order valence-corrected chi connectivity index (χ1v) is 20.7. The molecule has 0 spiro atoms. The van der Waals surface area contributed by atoms with Crippen molar-refractivity contribution in [3.05, 3.63) is 182 Å². The van der Waals surface area contributed by atoms with Gasteiger partial charge in [-0.15, -0.1) is 22.7 Å². The highest BCUT2D eigenvalue weighted by Gasteiger charge is 2.19. The van der Waals surface area contributed by atoms with E-state index in [0.717, 1.165) is 33.5 Å². The molecule has 0 bridgehead atoms. The van der Waals surface area contributed by atoms with Crippen LogP contribution < -0.4 is 0 Å². The van der Waals surface area contributed by atoms with E-state index in [1.165, 1.54) is 62.2 Å². The highest BCUT2D eigenvalue weighted by Crippen LogP contribution is 2.42. The van der Waals surface area contributed by atoms with Gasteiger partial charge in [0.2, 0.25) is 0 Å². The summed E-state index contributed by atoms with van der Waals surface area (Å²) < 4.78 is 7.23. The van der Waals surface area contributed by atoms with Crippen LogP contribution >= 0.6 is 22.7 Å². The molecular weight excluding hydrogens is 733 g/mol. The van der Waals surface area contributed by atoms with Gasteiger partial charge in [0, 0.05) is 73.5 Å². The Bertz CT molecular complexity index is 3390. The van der Waals surface area contributed by atoms with Gasteiger partial charge in [0.15, 0.2) is 17.5 Å². The Hall–Kier alpha value is -6.99. The van der Waals surface area contributed by atoms with Crippen molar-refractivity contribution in [1.29, 1.82) is 0 Å². The summed E-state index contributed by atoms with van der Waals surface area (Å²) in [4.78, 5) is 15.8. The van der Waals surface area contributed by atoms with Crippen LogP contribution in [0.4, 0.5) is 0 Å². The Morgan fingerprint density at radius 1 is 0.333 bits per heavy atom. The SMILES string of the molecule is c1ccc(-n2c3ccccc3c3ccc(-c4ccc(-c5nc(-c6cccc7c6sc6ccccc67)nc(-c6cccc7c6sc6ccccc67)n5)cc4)cc32)cc1. The zero-order valence-corrected chi connectivity index (χ0v) is 32.1. The molecule has 0 amide bonds. The van der Waals surface area contributed by atoms with E-state index in [4.69, 9.17) is 15.0 Å². The van der Waals surface area contributed by atoms with Crippen LogP contribution in [-0.2, 0) is 0 Å². The molecule has 0 aliphatic rings. The first-order chi connectivity index (χ1) is 28.2. The average molecular weight is 763 g/mol. The normalized spacial score (nSPS) is 11.9. The fourth-order valence-electron chi connectivity index (χ4n) is 8.41. The van der Waals surface area contributed by atoms with Crippen molar-refractivity contribution >= 4 is 84.8 Å². The predicted octanol–water partition coefficient (Wildman–Crippen LogP) is 14.4. The number of benzene rings is 8. The van der Waals surface area contributed by atoms with Crippen molar-refractivity contribution in [2.45, 2.75) is 0 Å². The van der Waals surface area contributed by atoms with E-state index in [2.05, 4.69) is 187 Å². The van der Waals surface area contributed by atoms with Gasteiger partial charge in [0.05, 0.1) is 11.0 Å². The van der Waals surface area contributed by atoms with E-state index in [1.54, 1.807) is 22.7 Å². The number of aromatic nitrogens is 4. The number of nitrogens with zero attached hydrogens (tertiary/aromatic N) is 4. The van der Waals surface area contributed by atoms with E-state index in [0.29, 0.717) is 17.5 Å². The van der Waals surface area contributed by atoms with Crippen molar-refractivity contribution in [2.24, 2.45) is 0 Å². The van der Waals surface area contributed by atoms with Crippen molar-refractivity contribution in [3.63, 3.8) is 0 Å². The number of fused-ring (bicyclic) bond motifs is 9. The minimum atomic E-state index is 0.650. The summed E-state index contributed by atoms with van der Waals surface area (Å²) in [7, 11) is 0. The maximum Gasteiger partial charge on any atom is 0.165 e. The van der Waals surface area contributed by atoms with E-state index in [9.17, 15) is 0 Å². The quantitative estimate of drug-likeness (QED) is 0.175. The highest BCUT2D eigenvalue weighted by molar-refractivity contribution is 7.26. The van der Waals surface area contributed by atoms with Crippen LogP contribution in [0, 0.1) is 0 Å². The molecule has 266 valence electrons. The number of thiophene rings is 2. The van der Waals surface area contributed by atoms with Crippen LogP contribution in [-0.4, -0.2) is 19.5 Å². The summed E-state index contributed by atoms with van der Waals surface area (Å²) in [5.41, 5.74) is 8.78. The Morgan fingerprint density at radius 3 is 1.47 bits per heavy atom. The smallest absolute Gasteiger partial charge is 0.165 e. The van der Waals surface area contributed by atoms with Crippen molar-refractivity contribution in [2.75, 3.05) is 0 Å². The molecule has 0 aliphatic carbocycles. The molecule has 0 saturated carbocycles. The zero-order chi connectivity index (χ0) is 37.5. The van der Waals surface area contributed by atoms with Gasteiger partial charge < -0.3 is 4.57 Å². The summed E-state index contributed by atoms with van der Waals surface area (Å²) in [6, 6.07) is 64.9. The lowest BCUT2D eigenvalue weighted by Crippen LogP contribution is -2.00. The van der Waals surface area contributed by atoms with Crippen LogP contribution in [0.25, 0.3) is 113 Å². The summed E-state index contributed by atoms with van der Waals surface area (Å²) in [5, 5.41) is 7.43. The molecule has 12 aromatic rings. The van der Waals surface area contributed by atoms with Crippen molar-refractivity contribution in [3.8, 4) is 51.0 Å². The maximum atomic E-state index is 5.27. The molecule has 0 saturated heterocycles. The van der Waals surface area contributed by atoms with Crippen molar-refractivity contribution in [1.82, 2.24) is 19.5 Å². The molecule has 6 heteroatoms. The molecule has 0 atom stereocenters. The number of rotatable bonds is 5. The fraction of sp³-hybridized carbons (Fsp3) is 0. The van der Waals surface area contributed by atoms with E-state index < -0.39 is 0 Å². The van der Waals surface area contributed by atoms with Gasteiger partial charge in [-0.1, -0.05) is 133 Å². The van der Waals surface area contributed by atoms with Crippen LogP contribution in [0.15, 0.2) is 182 Å². The van der Waals surface area contributed by atoms with Gasteiger partial charge in [0.25, 0.3) is 0 Å². The number of hydrogen-bond donors (Lipinski definition) is 0. The Kier molecular flexibility index (Phi) is 7.24. The molecule has 0 unspecified atom stereocenters. The molecule has 0 radical (unpaired) electrons. The lowest BCUT2D eigenvalue weighted by atomic mass is 10.0. The molecule has 0 fully saturated rings. The van der Waals surface area contributed by atoms with Crippen LogP contribution in [0.2, 0.25) is 0 Å². The Labute approximate surface area is 335 Å². The summed E-state index contributed by atoms with van der Waals surface area (Å²) in [5.74, 6) is 2.00. The fourth-order valence-corrected chi connectivity index (χ4v) is 10.8. The summed E-state index contributed by atoms with van der Waals surface area (Å²) in [6.07, 6.45) is 0. The second-order valence-electron chi connectivity index (χ2n) is 14.4. The molecule has 4 heterocycles. The van der Waals surface area contributed by atoms with Crippen LogP contribution in [0.1, 0.15) is 0 Å². The largest absolute Gasteiger partial charge is 0.309 e. The topological polar surface area (TPSA) is 43.6 Å². The second-order valence-corrected chi connectivity index (χ2v) is 16.5. The first kappa shape index (κ1) is 32.3. The third-order valence-electron chi connectivity index (χ3n) is 11.1. The monoisotopic (exact) mass is 762 g/mol. The molecule has 8 aromatic carbocycles. The molecule has 4 aromatic heterocycles. The van der Waals surface area contributed by atoms with E-state index >= 15 is 0 Å². The first-order valence-electron chi connectivity index (χ1n) is 19.0. The van der Waals surface area contributed by atoms with Gasteiger partial charge in [0.1, 0.15) is 0 Å². The summed E-state index contributed by atoms with van der Waals surface area (Å²) >= 11 is 3.59. The third kappa shape index (κ3) is 5.15. The standard InChI is InChI=1S/C51H30N4S2/c1-2-12-34(13-3-1)55-43-21-7-4-14-35(43)36-29-28-33(30-44(36)55)31-24-26-32(27-25-31)49-52-50(41-19-10-17-39-37-15-5-8-22-45(37)56-47(39)41)54-51(53-49)42-20-11-18-40-38-16-6-9-23-46(38)57-48(40)42/h1-30H. The molecule has 12 rings (SSSR count). The lowest BCUT2D eigenvalue weighted by molar-refractivity contribution is 1.08. The molecule has 57 heavy (non-hydrogen) atoms. The molecule has 4 nitrogen and oxygen atoms in total. The second kappa shape index (κ2) is 12.8. The predicted molar refractivity (Wildman–Crippen MR) is 242 cm³/mol. The zero-order valence-electron chi connectivity index (χ0n) is 30.4. The van der Waals surface area contributed by atoms with Crippen LogP contribution in [0.3, 0.4) is 0 Å². The molecule has 0 N–H and O–H groups in total. The average Bonchev–Trinajstić information content (AvgIpc) is 3.96. The number of hydrogen-bond acceptors (Lipinski definition) is 5. The minimum absolute atomic E-state index is 0.650. The minimum Gasteiger partial charge on any atom is -0.309 e. The number of para-hydroxylation sites is 2. The highest BCUT2D eigenvalue weighted by atomic mass is 32.1. The van der Waals surface area contributed by atoms with E-state index in [-0.39, 0.29) is 0 Å². The van der Waals surface area contributed by atoms with E-state index in [1.807, 2.05) is 0 Å². The van der Waals surface area contributed by atoms with Crippen LogP contribution in [0.5, 0.6) is 0 Å². The lowest BCUT2D eigenvalue weighted by Gasteiger charge is -2.11. The molecule has 0 aliphatic heterocycles.